The number of halogens is 1. The molecule has 2 rings (SSSR count). The van der Waals surface area contributed by atoms with Crippen LogP contribution in [0.2, 0.25) is 0 Å². The lowest BCUT2D eigenvalue weighted by Gasteiger charge is -2.10. The molecule has 3 nitrogen and oxygen atoms in total. The van der Waals surface area contributed by atoms with Crippen molar-refractivity contribution in [1.29, 1.82) is 5.26 Å². The highest BCUT2D eigenvalue weighted by Crippen LogP contribution is 2.15. The Hall–Kier alpha value is -1.44. The van der Waals surface area contributed by atoms with E-state index in [1.807, 2.05) is 6.07 Å². The third-order valence-corrected chi connectivity index (χ3v) is 2.78. The van der Waals surface area contributed by atoms with Gasteiger partial charge in [-0.25, -0.2) is 4.39 Å². The molecule has 0 aliphatic carbocycles. The molecule has 17 heavy (non-hydrogen) atoms. The van der Waals surface area contributed by atoms with E-state index in [1.54, 1.807) is 12.1 Å². The van der Waals surface area contributed by atoms with Gasteiger partial charge in [0.05, 0.1) is 24.9 Å². The summed E-state index contributed by atoms with van der Waals surface area (Å²) >= 11 is 0. The molecule has 0 amide bonds. The Balaban J connectivity index is 1.88. The molecule has 0 N–H and O–H groups in total. The van der Waals surface area contributed by atoms with Crippen molar-refractivity contribution in [2.24, 2.45) is 0 Å². The lowest BCUT2D eigenvalue weighted by Crippen LogP contribution is -2.14. The van der Waals surface area contributed by atoms with Gasteiger partial charge in [-0.05, 0) is 18.9 Å². The number of nitriles is 1. The monoisotopic (exact) mass is 235 g/mol. The zero-order valence-electron chi connectivity index (χ0n) is 9.49. The molecule has 1 fully saturated rings. The number of hydrogen-bond acceptors (Lipinski definition) is 3. The molecule has 1 saturated heterocycles. The largest absolute Gasteiger partial charge is 0.376 e. The van der Waals surface area contributed by atoms with Crippen LogP contribution in [0.5, 0.6) is 0 Å². The van der Waals surface area contributed by atoms with Gasteiger partial charge in [-0.3, -0.25) is 0 Å². The molecular weight excluding hydrogens is 221 g/mol. The van der Waals surface area contributed by atoms with Crippen molar-refractivity contribution in [3.63, 3.8) is 0 Å². The summed E-state index contributed by atoms with van der Waals surface area (Å²) in [5.41, 5.74) is 0.477. The quantitative estimate of drug-likeness (QED) is 0.804. The molecule has 0 bridgehead atoms. The van der Waals surface area contributed by atoms with E-state index in [2.05, 4.69) is 0 Å². The summed E-state index contributed by atoms with van der Waals surface area (Å²) in [7, 11) is 0. The van der Waals surface area contributed by atoms with Gasteiger partial charge in [0.25, 0.3) is 0 Å². The minimum absolute atomic E-state index is 0.0585. The summed E-state index contributed by atoms with van der Waals surface area (Å²) in [5, 5.41) is 8.69. The van der Waals surface area contributed by atoms with E-state index in [-0.39, 0.29) is 18.3 Å². The molecule has 1 aromatic carbocycles. The van der Waals surface area contributed by atoms with Crippen LogP contribution in [-0.4, -0.2) is 19.3 Å². The summed E-state index contributed by atoms with van der Waals surface area (Å²) in [6, 6.07) is 6.56. The van der Waals surface area contributed by atoms with Gasteiger partial charge in [-0.15, -0.1) is 0 Å². The van der Waals surface area contributed by atoms with E-state index in [4.69, 9.17) is 14.7 Å². The van der Waals surface area contributed by atoms with Gasteiger partial charge in [0.2, 0.25) is 0 Å². The molecule has 0 saturated carbocycles. The SMILES string of the molecule is N#Cc1cccc(COCC2CCCO2)c1F. The maximum atomic E-state index is 13.6. The molecule has 0 spiro atoms. The summed E-state index contributed by atoms with van der Waals surface area (Å²) in [6.07, 6.45) is 2.20. The molecule has 1 aliphatic rings. The van der Waals surface area contributed by atoms with Crippen LogP contribution in [0.3, 0.4) is 0 Å². The fraction of sp³-hybridized carbons (Fsp3) is 0.462. The summed E-state index contributed by atoms with van der Waals surface area (Å²) < 4.78 is 24.4. The summed E-state index contributed by atoms with van der Waals surface area (Å²) in [5.74, 6) is -0.484. The van der Waals surface area contributed by atoms with E-state index in [9.17, 15) is 4.39 Å². The molecule has 1 heterocycles. The van der Waals surface area contributed by atoms with Crippen molar-refractivity contribution >= 4 is 0 Å². The second-order valence-electron chi connectivity index (χ2n) is 4.04. The first kappa shape index (κ1) is 12.0. The number of ether oxygens (including phenoxy) is 2. The Bertz CT molecular complexity index is 422. The summed E-state index contributed by atoms with van der Waals surface area (Å²) in [4.78, 5) is 0. The maximum absolute atomic E-state index is 13.6. The van der Waals surface area contributed by atoms with Crippen molar-refractivity contribution in [1.82, 2.24) is 0 Å². The van der Waals surface area contributed by atoms with Gasteiger partial charge in [-0.2, -0.15) is 5.26 Å². The second kappa shape index (κ2) is 5.76. The fourth-order valence-corrected chi connectivity index (χ4v) is 1.85. The van der Waals surface area contributed by atoms with Gasteiger partial charge in [0.15, 0.2) is 0 Å². The van der Waals surface area contributed by atoms with E-state index >= 15 is 0 Å². The average Bonchev–Trinajstić information content (AvgIpc) is 2.84. The molecule has 90 valence electrons. The molecular formula is C13H14FNO2. The highest BCUT2D eigenvalue weighted by atomic mass is 19.1. The molecule has 1 unspecified atom stereocenters. The van der Waals surface area contributed by atoms with Crippen molar-refractivity contribution in [3.8, 4) is 6.07 Å². The molecule has 1 atom stereocenters. The van der Waals surface area contributed by atoms with Crippen molar-refractivity contribution < 1.29 is 13.9 Å². The van der Waals surface area contributed by atoms with Crippen LogP contribution in [0.25, 0.3) is 0 Å². The number of nitrogens with zero attached hydrogens (tertiary/aromatic N) is 1. The molecule has 1 aromatic rings. The van der Waals surface area contributed by atoms with Crippen molar-refractivity contribution in [2.75, 3.05) is 13.2 Å². The average molecular weight is 235 g/mol. The Morgan fingerprint density at radius 2 is 2.41 bits per heavy atom. The topological polar surface area (TPSA) is 42.2 Å². The van der Waals surface area contributed by atoms with Gasteiger partial charge >= 0.3 is 0 Å². The third-order valence-electron chi connectivity index (χ3n) is 2.78. The minimum Gasteiger partial charge on any atom is -0.376 e. The van der Waals surface area contributed by atoms with Crippen LogP contribution in [0, 0.1) is 17.1 Å². The minimum atomic E-state index is -0.484. The predicted molar refractivity (Wildman–Crippen MR) is 59.7 cm³/mol. The maximum Gasteiger partial charge on any atom is 0.146 e. The van der Waals surface area contributed by atoms with Crippen LogP contribution >= 0.6 is 0 Å². The van der Waals surface area contributed by atoms with Crippen LogP contribution in [-0.2, 0) is 16.1 Å². The Labute approximate surface area is 99.8 Å². The molecule has 0 radical (unpaired) electrons. The first-order valence-electron chi connectivity index (χ1n) is 5.68. The number of benzene rings is 1. The van der Waals surface area contributed by atoms with Crippen LogP contribution in [0.4, 0.5) is 4.39 Å². The highest BCUT2D eigenvalue weighted by molar-refractivity contribution is 5.34. The second-order valence-corrected chi connectivity index (χ2v) is 4.04. The number of rotatable bonds is 4. The first-order valence-corrected chi connectivity index (χ1v) is 5.68. The van der Waals surface area contributed by atoms with Crippen LogP contribution < -0.4 is 0 Å². The van der Waals surface area contributed by atoms with E-state index in [0.717, 1.165) is 19.4 Å². The standard InChI is InChI=1S/C13H14FNO2/c14-13-10(7-15)3-1-4-11(13)8-16-9-12-5-2-6-17-12/h1,3-4,12H,2,5-6,8-9H2. The zero-order valence-corrected chi connectivity index (χ0v) is 9.49. The zero-order chi connectivity index (χ0) is 12.1. The summed E-state index contributed by atoms with van der Waals surface area (Å²) in [6.45, 7) is 1.45. The van der Waals surface area contributed by atoms with Gasteiger partial charge in [0, 0.05) is 12.2 Å². The van der Waals surface area contributed by atoms with E-state index < -0.39 is 5.82 Å². The van der Waals surface area contributed by atoms with Crippen molar-refractivity contribution in [2.45, 2.75) is 25.6 Å². The van der Waals surface area contributed by atoms with Gasteiger partial charge in [-0.1, -0.05) is 12.1 Å². The Morgan fingerprint density at radius 1 is 1.53 bits per heavy atom. The van der Waals surface area contributed by atoms with E-state index in [1.165, 1.54) is 6.07 Å². The number of hydrogen-bond donors (Lipinski definition) is 0. The van der Waals surface area contributed by atoms with Gasteiger partial charge < -0.3 is 9.47 Å². The third kappa shape index (κ3) is 3.02. The first-order chi connectivity index (χ1) is 8.31. The van der Waals surface area contributed by atoms with Crippen LogP contribution in [0.1, 0.15) is 24.0 Å². The van der Waals surface area contributed by atoms with Gasteiger partial charge in [0.1, 0.15) is 11.9 Å². The Kier molecular flexibility index (Phi) is 4.08. The van der Waals surface area contributed by atoms with E-state index in [0.29, 0.717) is 12.2 Å². The molecule has 4 heteroatoms. The fourth-order valence-electron chi connectivity index (χ4n) is 1.85. The smallest absolute Gasteiger partial charge is 0.146 e. The Morgan fingerprint density at radius 3 is 3.12 bits per heavy atom. The van der Waals surface area contributed by atoms with Crippen LogP contribution in [0.15, 0.2) is 18.2 Å². The lowest BCUT2D eigenvalue weighted by atomic mass is 10.1. The predicted octanol–water partition coefficient (Wildman–Crippen LogP) is 2.39. The highest BCUT2D eigenvalue weighted by Gasteiger charge is 2.16. The van der Waals surface area contributed by atoms with Crippen molar-refractivity contribution in [3.05, 3.63) is 35.1 Å². The lowest BCUT2D eigenvalue weighted by molar-refractivity contribution is 0.00982. The molecule has 0 aromatic heterocycles. The molecule has 1 aliphatic heterocycles. The normalized spacial score (nSPS) is 19.2.